The van der Waals surface area contributed by atoms with E-state index in [0.29, 0.717) is 43.2 Å². The minimum Gasteiger partial charge on any atom is -0.507 e. The van der Waals surface area contributed by atoms with Crippen molar-refractivity contribution < 1.29 is 24.2 Å². The number of halogens is 1. The number of para-hydroxylation sites is 1. The molecule has 1 aliphatic heterocycles. The average Bonchev–Trinajstić information content (AvgIpc) is 2.73. The minimum absolute atomic E-state index is 0.0362. The molecule has 28 heavy (non-hydrogen) atoms. The predicted molar refractivity (Wildman–Crippen MR) is 112 cm³/mol. The number of carbonyl (C=O) groups excluding carboxylic acids is 2. The molecule has 0 radical (unpaired) electrons. The Morgan fingerprint density at radius 2 is 1.39 bits per heavy atom. The highest BCUT2D eigenvalue weighted by Gasteiger charge is 2.28. The van der Waals surface area contributed by atoms with E-state index in [2.05, 4.69) is 22.6 Å². The van der Waals surface area contributed by atoms with Gasteiger partial charge < -0.3 is 24.4 Å². The molecule has 0 spiro atoms. The largest absolute Gasteiger partial charge is 0.507 e. The lowest BCUT2D eigenvalue weighted by atomic mass is 10.1. The summed E-state index contributed by atoms with van der Waals surface area (Å²) in [5, 5.41) is 9.89. The number of benzene rings is 2. The van der Waals surface area contributed by atoms with E-state index in [-0.39, 0.29) is 23.1 Å². The van der Waals surface area contributed by atoms with Gasteiger partial charge in [0.05, 0.1) is 25.3 Å². The summed E-state index contributed by atoms with van der Waals surface area (Å²) in [5.74, 6) is 0.693. The number of carbonyl (C=O) groups is 2. The van der Waals surface area contributed by atoms with Gasteiger partial charge in [0.1, 0.15) is 5.75 Å². The second kappa shape index (κ2) is 8.68. The van der Waals surface area contributed by atoms with Crippen LogP contribution in [0.25, 0.3) is 0 Å². The Morgan fingerprint density at radius 3 is 1.93 bits per heavy atom. The smallest absolute Gasteiger partial charge is 0.257 e. The SMILES string of the molecule is COc1cc(I)c(C(=O)N2CCN(C(=O)c3ccccc3O)CC2)cc1OC. The van der Waals surface area contributed by atoms with E-state index in [1.807, 2.05) is 0 Å². The molecule has 1 aliphatic rings. The van der Waals surface area contributed by atoms with Crippen LogP contribution in [0.3, 0.4) is 0 Å². The highest BCUT2D eigenvalue weighted by atomic mass is 127. The van der Waals surface area contributed by atoms with Gasteiger partial charge in [-0.3, -0.25) is 9.59 Å². The summed E-state index contributed by atoms with van der Waals surface area (Å²) in [7, 11) is 3.08. The van der Waals surface area contributed by atoms with Gasteiger partial charge in [-0.25, -0.2) is 0 Å². The van der Waals surface area contributed by atoms with Crippen LogP contribution in [0.15, 0.2) is 36.4 Å². The van der Waals surface area contributed by atoms with E-state index in [9.17, 15) is 14.7 Å². The van der Waals surface area contributed by atoms with Crippen LogP contribution in [0.2, 0.25) is 0 Å². The van der Waals surface area contributed by atoms with Crippen molar-refractivity contribution in [2.75, 3.05) is 40.4 Å². The molecule has 148 valence electrons. The first kappa shape index (κ1) is 20.2. The highest BCUT2D eigenvalue weighted by Crippen LogP contribution is 2.32. The molecule has 0 unspecified atom stereocenters. The lowest BCUT2D eigenvalue weighted by Gasteiger charge is -2.35. The second-order valence-electron chi connectivity index (χ2n) is 6.29. The van der Waals surface area contributed by atoms with Gasteiger partial charge in [-0.1, -0.05) is 12.1 Å². The number of amides is 2. The molecule has 1 fully saturated rings. The van der Waals surface area contributed by atoms with Crippen LogP contribution in [0, 0.1) is 3.57 Å². The van der Waals surface area contributed by atoms with E-state index in [1.54, 1.807) is 47.2 Å². The molecule has 1 heterocycles. The van der Waals surface area contributed by atoms with Gasteiger partial charge in [0, 0.05) is 29.7 Å². The quantitative estimate of drug-likeness (QED) is 0.659. The van der Waals surface area contributed by atoms with Crippen molar-refractivity contribution in [1.29, 1.82) is 0 Å². The first-order valence-corrected chi connectivity index (χ1v) is 9.82. The molecule has 0 aromatic heterocycles. The Labute approximate surface area is 177 Å². The van der Waals surface area contributed by atoms with Crippen LogP contribution in [0.5, 0.6) is 17.2 Å². The third-order valence-electron chi connectivity index (χ3n) is 4.69. The Morgan fingerprint density at radius 1 is 0.893 bits per heavy atom. The van der Waals surface area contributed by atoms with Crippen LogP contribution in [-0.4, -0.2) is 67.1 Å². The molecule has 2 aromatic rings. The number of aromatic hydroxyl groups is 1. The molecule has 1 N–H and O–H groups in total. The minimum atomic E-state index is -0.231. The molecular weight excluding hydrogens is 475 g/mol. The zero-order chi connectivity index (χ0) is 20.3. The molecule has 3 rings (SSSR count). The maximum atomic E-state index is 13.0. The fourth-order valence-electron chi connectivity index (χ4n) is 3.13. The van der Waals surface area contributed by atoms with Gasteiger partial charge in [0.15, 0.2) is 11.5 Å². The molecule has 0 aliphatic carbocycles. The molecule has 2 amide bonds. The van der Waals surface area contributed by atoms with Crippen molar-refractivity contribution in [3.8, 4) is 17.2 Å². The van der Waals surface area contributed by atoms with Gasteiger partial charge in [-0.15, -0.1) is 0 Å². The van der Waals surface area contributed by atoms with Crippen LogP contribution < -0.4 is 9.47 Å². The van der Waals surface area contributed by atoms with E-state index < -0.39 is 0 Å². The lowest BCUT2D eigenvalue weighted by Crippen LogP contribution is -2.50. The van der Waals surface area contributed by atoms with Crippen molar-refractivity contribution in [2.24, 2.45) is 0 Å². The molecule has 0 bridgehead atoms. The molecule has 0 saturated carbocycles. The summed E-state index contributed by atoms with van der Waals surface area (Å²) in [6, 6.07) is 9.93. The maximum absolute atomic E-state index is 13.0. The topological polar surface area (TPSA) is 79.3 Å². The molecule has 7 nitrogen and oxygen atoms in total. The van der Waals surface area contributed by atoms with Crippen molar-refractivity contribution in [3.05, 3.63) is 51.1 Å². The van der Waals surface area contributed by atoms with Gasteiger partial charge in [-0.05, 0) is 46.9 Å². The molecular formula is C20H21IN2O5. The van der Waals surface area contributed by atoms with Crippen molar-refractivity contribution >= 4 is 34.4 Å². The first-order chi connectivity index (χ1) is 13.5. The third-order valence-corrected chi connectivity index (χ3v) is 5.58. The van der Waals surface area contributed by atoms with Gasteiger partial charge in [0.25, 0.3) is 11.8 Å². The molecule has 0 atom stereocenters. The summed E-state index contributed by atoms with van der Waals surface area (Å²) in [4.78, 5) is 28.9. The van der Waals surface area contributed by atoms with Crippen LogP contribution in [0.4, 0.5) is 0 Å². The normalized spacial score (nSPS) is 14.0. The number of hydrogen-bond acceptors (Lipinski definition) is 5. The molecule has 1 saturated heterocycles. The van der Waals surface area contributed by atoms with Crippen molar-refractivity contribution in [2.45, 2.75) is 0 Å². The summed E-state index contributed by atoms with van der Waals surface area (Å²) in [6.07, 6.45) is 0. The van der Waals surface area contributed by atoms with E-state index >= 15 is 0 Å². The third kappa shape index (κ3) is 4.01. The van der Waals surface area contributed by atoms with Gasteiger partial charge >= 0.3 is 0 Å². The van der Waals surface area contributed by atoms with E-state index in [4.69, 9.17) is 9.47 Å². The number of methoxy groups -OCH3 is 2. The Hall–Kier alpha value is -2.49. The number of ether oxygens (including phenoxy) is 2. The highest BCUT2D eigenvalue weighted by molar-refractivity contribution is 14.1. The Bertz CT molecular complexity index is 894. The zero-order valence-electron chi connectivity index (χ0n) is 15.6. The number of nitrogens with zero attached hydrogens (tertiary/aromatic N) is 2. The number of phenolic OH excluding ortho intramolecular Hbond substituents is 1. The van der Waals surface area contributed by atoms with E-state index in [1.165, 1.54) is 13.2 Å². The van der Waals surface area contributed by atoms with Crippen molar-refractivity contribution in [1.82, 2.24) is 9.80 Å². The second-order valence-corrected chi connectivity index (χ2v) is 7.45. The zero-order valence-corrected chi connectivity index (χ0v) is 17.8. The van der Waals surface area contributed by atoms with E-state index in [0.717, 1.165) is 3.57 Å². The number of rotatable bonds is 4. The van der Waals surface area contributed by atoms with Crippen LogP contribution in [-0.2, 0) is 0 Å². The summed E-state index contributed by atoms with van der Waals surface area (Å²) >= 11 is 2.10. The monoisotopic (exact) mass is 496 g/mol. The Balaban J connectivity index is 1.71. The standard InChI is InChI=1S/C20H21IN2O5/c1-27-17-11-14(15(21)12-18(17)28-2)20(26)23-9-7-22(8-10-23)19(25)13-5-3-4-6-16(13)24/h3-6,11-12,24H,7-10H2,1-2H3. The fourth-order valence-corrected chi connectivity index (χ4v) is 3.80. The number of hydrogen-bond donors (Lipinski definition) is 1. The molecule has 2 aromatic carbocycles. The van der Waals surface area contributed by atoms with Gasteiger partial charge in [0.2, 0.25) is 0 Å². The lowest BCUT2D eigenvalue weighted by molar-refractivity contribution is 0.0533. The fraction of sp³-hybridized carbons (Fsp3) is 0.300. The first-order valence-electron chi connectivity index (χ1n) is 8.74. The average molecular weight is 496 g/mol. The van der Waals surface area contributed by atoms with Crippen LogP contribution in [0.1, 0.15) is 20.7 Å². The van der Waals surface area contributed by atoms with Crippen molar-refractivity contribution in [3.63, 3.8) is 0 Å². The Kier molecular flexibility index (Phi) is 6.28. The molecule has 8 heteroatoms. The maximum Gasteiger partial charge on any atom is 0.257 e. The summed E-state index contributed by atoms with van der Waals surface area (Å²) in [5.41, 5.74) is 0.815. The predicted octanol–water partition coefficient (Wildman–Crippen LogP) is 2.61. The number of phenols is 1. The number of piperazine rings is 1. The summed E-state index contributed by atoms with van der Waals surface area (Å²) < 4.78 is 11.3. The van der Waals surface area contributed by atoms with Crippen LogP contribution >= 0.6 is 22.6 Å². The van der Waals surface area contributed by atoms with Gasteiger partial charge in [-0.2, -0.15) is 0 Å². The summed E-state index contributed by atoms with van der Waals surface area (Å²) in [6.45, 7) is 1.65.